The van der Waals surface area contributed by atoms with E-state index in [0.29, 0.717) is 6.04 Å². The molecular formula is C13H25NO2. The molecular weight excluding hydrogens is 202 g/mol. The van der Waals surface area contributed by atoms with E-state index >= 15 is 0 Å². The van der Waals surface area contributed by atoms with Gasteiger partial charge in [0.15, 0.2) is 0 Å². The molecule has 0 aliphatic heterocycles. The van der Waals surface area contributed by atoms with Crippen molar-refractivity contribution in [2.75, 3.05) is 13.1 Å². The van der Waals surface area contributed by atoms with E-state index in [2.05, 4.69) is 25.7 Å². The van der Waals surface area contributed by atoms with Gasteiger partial charge in [-0.2, -0.15) is 0 Å². The second-order valence-corrected chi connectivity index (χ2v) is 5.44. The van der Waals surface area contributed by atoms with Gasteiger partial charge in [-0.05, 0) is 44.1 Å². The standard InChI is InChI=1S/C13H25NO2/c1-4-5-14(9-13(15)16)12-7-10(2)6-11(3)8-12/h10-12H,4-9H2,1-3H3,(H,15,16). The number of carbonyl (C=O) groups is 1. The van der Waals surface area contributed by atoms with E-state index in [9.17, 15) is 4.79 Å². The SMILES string of the molecule is CCCN(CC(=O)O)C1CC(C)CC(C)C1. The van der Waals surface area contributed by atoms with Gasteiger partial charge in [0.2, 0.25) is 0 Å². The van der Waals surface area contributed by atoms with Crippen molar-refractivity contribution < 1.29 is 9.90 Å². The lowest BCUT2D eigenvalue weighted by Crippen LogP contribution is -2.43. The van der Waals surface area contributed by atoms with Gasteiger partial charge in [0.25, 0.3) is 0 Å². The largest absolute Gasteiger partial charge is 0.480 e. The van der Waals surface area contributed by atoms with Crippen LogP contribution in [-0.2, 0) is 4.79 Å². The summed E-state index contributed by atoms with van der Waals surface area (Å²) in [5.41, 5.74) is 0. The van der Waals surface area contributed by atoms with Crippen LogP contribution in [0.2, 0.25) is 0 Å². The Kier molecular flexibility index (Phi) is 5.26. The summed E-state index contributed by atoms with van der Waals surface area (Å²) in [5.74, 6) is 0.781. The number of nitrogens with zero attached hydrogens (tertiary/aromatic N) is 1. The summed E-state index contributed by atoms with van der Waals surface area (Å²) >= 11 is 0. The van der Waals surface area contributed by atoms with E-state index < -0.39 is 5.97 Å². The van der Waals surface area contributed by atoms with Gasteiger partial charge < -0.3 is 5.11 Å². The summed E-state index contributed by atoms with van der Waals surface area (Å²) in [6, 6.07) is 0.481. The maximum Gasteiger partial charge on any atom is 0.317 e. The smallest absolute Gasteiger partial charge is 0.317 e. The van der Waals surface area contributed by atoms with Crippen LogP contribution in [0.4, 0.5) is 0 Å². The summed E-state index contributed by atoms with van der Waals surface area (Å²) in [7, 11) is 0. The molecule has 1 N–H and O–H groups in total. The van der Waals surface area contributed by atoms with E-state index in [4.69, 9.17) is 5.11 Å². The minimum absolute atomic E-state index is 0.206. The first kappa shape index (κ1) is 13.5. The maximum absolute atomic E-state index is 10.8. The average molecular weight is 227 g/mol. The van der Waals surface area contributed by atoms with Crippen molar-refractivity contribution in [1.29, 1.82) is 0 Å². The van der Waals surface area contributed by atoms with E-state index in [0.717, 1.165) is 37.6 Å². The van der Waals surface area contributed by atoms with Crippen LogP contribution >= 0.6 is 0 Å². The number of aliphatic carboxylic acids is 1. The number of carboxylic acids is 1. The van der Waals surface area contributed by atoms with Gasteiger partial charge in [0.05, 0.1) is 6.54 Å². The van der Waals surface area contributed by atoms with Crippen LogP contribution in [0.3, 0.4) is 0 Å². The van der Waals surface area contributed by atoms with Gasteiger partial charge in [-0.1, -0.05) is 20.8 Å². The quantitative estimate of drug-likeness (QED) is 0.785. The Morgan fingerprint density at radius 2 is 1.81 bits per heavy atom. The minimum Gasteiger partial charge on any atom is -0.480 e. The zero-order chi connectivity index (χ0) is 12.1. The van der Waals surface area contributed by atoms with E-state index in [1.165, 1.54) is 6.42 Å². The molecule has 0 saturated heterocycles. The summed E-state index contributed by atoms with van der Waals surface area (Å²) in [5, 5.41) is 8.93. The van der Waals surface area contributed by atoms with Crippen molar-refractivity contribution in [3.63, 3.8) is 0 Å². The van der Waals surface area contributed by atoms with Crippen LogP contribution in [0.25, 0.3) is 0 Å². The monoisotopic (exact) mass is 227 g/mol. The Morgan fingerprint density at radius 1 is 1.25 bits per heavy atom. The molecule has 0 aromatic carbocycles. The normalized spacial score (nSPS) is 30.6. The fourth-order valence-corrected chi connectivity index (χ4v) is 3.05. The van der Waals surface area contributed by atoms with Gasteiger partial charge in [-0.25, -0.2) is 0 Å². The highest BCUT2D eigenvalue weighted by Gasteiger charge is 2.28. The molecule has 0 aromatic heterocycles. The Hall–Kier alpha value is -0.570. The molecule has 3 nitrogen and oxygen atoms in total. The van der Waals surface area contributed by atoms with Gasteiger partial charge in [0.1, 0.15) is 0 Å². The summed E-state index contributed by atoms with van der Waals surface area (Å²) in [6.07, 6.45) is 4.66. The lowest BCUT2D eigenvalue weighted by Gasteiger charge is -2.38. The molecule has 94 valence electrons. The minimum atomic E-state index is -0.695. The lowest BCUT2D eigenvalue weighted by atomic mass is 9.80. The third-order valence-electron chi connectivity index (χ3n) is 3.52. The predicted octanol–water partition coefficient (Wildman–Crippen LogP) is 2.61. The van der Waals surface area contributed by atoms with Gasteiger partial charge >= 0.3 is 5.97 Å². The molecule has 1 rings (SSSR count). The Bertz CT molecular complexity index is 220. The highest BCUT2D eigenvalue weighted by molar-refractivity contribution is 5.69. The van der Waals surface area contributed by atoms with E-state index in [-0.39, 0.29) is 6.54 Å². The second kappa shape index (κ2) is 6.24. The molecule has 2 atom stereocenters. The zero-order valence-electron chi connectivity index (χ0n) is 10.8. The zero-order valence-corrected chi connectivity index (χ0v) is 10.8. The summed E-state index contributed by atoms with van der Waals surface area (Å²) < 4.78 is 0. The molecule has 0 spiro atoms. The van der Waals surface area contributed by atoms with Crippen LogP contribution in [-0.4, -0.2) is 35.1 Å². The van der Waals surface area contributed by atoms with Crippen LogP contribution in [0.15, 0.2) is 0 Å². The highest BCUT2D eigenvalue weighted by Crippen LogP contribution is 2.31. The molecule has 16 heavy (non-hydrogen) atoms. The molecule has 0 amide bonds. The lowest BCUT2D eigenvalue weighted by molar-refractivity contribution is -0.139. The van der Waals surface area contributed by atoms with Crippen LogP contribution in [0, 0.1) is 11.8 Å². The summed E-state index contributed by atoms with van der Waals surface area (Å²) in [4.78, 5) is 13.0. The maximum atomic E-state index is 10.8. The molecule has 0 heterocycles. The van der Waals surface area contributed by atoms with Crippen molar-refractivity contribution in [1.82, 2.24) is 4.90 Å². The third kappa shape index (κ3) is 4.12. The molecule has 1 aliphatic carbocycles. The molecule has 3 heteroatoms. The van der Waals surface area contributed by atoms with E-state index in [1.54, 1.807) is 0 Å². The molecule has 1 aliphatic rings. The number of carboxylic acid groups (broad SMARTS) is 1. The first-order valence-electron chi connectivity index (χ1n) is 6.48. The van der Waals surface area contributed by atoms with Crippen molar-refractivity contribution in [2.45, 2.75) is 52.5 Å². The Morgan fingerprint density at radius 3 is 2.25 bits per heavy atom. The van der Waals surface area contributed by atoms with Crippen molar-refractivity contribution in [3.05, 3.63) is 0 Å². The van der Waals surface area contributed by atoms with Gasteiger partial charge in [0, 0.05) is 6.04 Å². The van der Waals surface area contributed by atoms with Crippen LogP contribution in [0.5, 0.6) is 0 Å². The van der Waals surface area contributed by atoms with Gasteiger partial charge in [-0.3, -0.25) is 9.69 Å². The average Bonchev–Trinajstić information content (AvgIpc) is 2.14. The van der Waals surface area contributed by atoms with Crippen molar-refractivity contribution in [3.8, 4) is 0 Å². The molecule has 0 radical (unpaired) electrons. The van der Waals surface area contributed by atoms with Crippen molar-refractivity contribution in [2.24, 2.45) is 11.8 Å². The first-order valence-corrected chi connectivity index (χ1v) is 6.48. The van der Waals surface area contributed by atoms with Crippen molar-refractivity contribution >= 4 is 5.97 Å². The van der Waals surface area contributed by atoms with Crippen LogP contribution in [0.1, 0.15) is 46.5 Å². The number of hydrogen-bond donors (Lipinski definition) is 1. The highest BCUT2D eigenvalue weighted by atomic mass is 16.4. The van der Waals surface area contributed by atoms with E-state index in [1.807, 2.05) is 0 Å². The third-order valence-corrected chi connectivity index (χ3v) is 3.52. The Balaban J connectivity index is 2.57. The molecule has 2 unspecified atom stereocenters. The number of rotatable bonds is 5. The number of hydrogen-bond acceptors (Lipinski definition) is 2. The predicted molar refractivity (Wildman–Crippen MR) is 65.5 cm³/mol. The molecule has 0 bridgehead atoms. The Labute approximate surface area is 98.8 Å². The molecule has 0 aromatic rings. The summed E-state index contributed by atoms with van der Waals surface area (Å²) in [6.45, 7) is 7.81. The van der Waals surface area contributed by atoms with Crippen LogP contribution < -0.4 is 0 Å². The second-order valence-electron chi connectivity index (χ2n) is 5.44. The molecule has 1 saturated carbocycles. The fraction of sp³-hybridized carbons (Fsp3) is 0.923. The van der Waals surface area contributed by atoms with Gasteiger partial charge in [-0.15, -0.1) is 0 Å². The fourth-order valence-electron chi connectivity index (χ4n) is 3.05. The molecule has 1 fully saturated rings. The topological polar surface area (TPSA) is 40.5 Å². The first-order chi connectivity index (χ1) is 7.52.